The van der Waals surface area contributed by atoms with Crippen LogP contribution in [0.5, 0.6) is 0 Å². The standard InChI is InChI=1S/C16H22BrN3O2S/c17-13-3-5-14(6-4-13)23-9-7-19-15(21)11-20-8-1-2-12(10-20)16(18)22/h3-6,12H,1-2,7-11H2,(H2,18,22)(H,19,21)/p+1/t12-/m1/s1. The highest BCUT2D eigenvalue weighted by Crippen LogP contribution is 2.19. The van der Waals surface area contributed by atoms with Crippen molar-refractivity contribution in [1.29, 1.82) is 0 Å². The molecule has 0 aliphatic carbocycles. The third kappa shape index (κ3) is 6.53. The van der Waals surface area contributed by atoms with E-state index in [4.69, 9.17) is 5.73 Å². The quantitative estimate of drug-likeness (QED) is 0.459. The molecule has 4 N–H and O–H groups in total. The van der Waals surface area contributed by atoms with Gasteiger partial charge < -0.3 is 16.0 Å². The van der Waals surface area contributed by atoms with E-state index >= 15 is 0 Å². The van der Waals surface area contributed by atoms with Crippen LogP contribution in [0.25, 0.3) is 0 Å². The van der Waals surface area contributed by atoms with Gasteiger partial charge in [0.05, 0.1) is 19.0 Å². The summed E-state index contributed by atoms with van der Waals surface area (Å²) < 4.78 is 1.06. The van der Waals surface area contributed by atoms with Gasteiger partial charge >= 0.3 is 0 Å². The Balaban J connectivity index is 1.63. The van der Waals surface area contributed by atoms with Crippen LogP contribution in [0.4, 0.5) is 0 Å². The summed E-state index contributed by atoms with van der Waals surface area (Å²) >= 11 is 5.13. The first-order valence-corrected chi connectivity index (χ1v) is 9.60. The number of nitrogens with two attached hydrogens (primary N) is 1. The highest BCUT2D eigenvalue weighted by molar-refractivity contribution is 9.10. The van der Waals surface area contributed by atoms with Gasteiger partial charge in [0.15, 0.2) is 6.54 Å². The van der Waals surface area contributed by atoms with Crippen molar-refractivity contribution in [2.75, 3.05) is 31.9 Å². The molecule has 5 nitrogen and oxygen atoms in total. The lowest BCUT2D eigenvalue weighted by Crippen LogP contribution is -3.15. The summed E-state index contributed by atoms with van der Waals surface area (Å²) in [6.45, 7) is 2.68. The molecular formula is C16H23BrN3O2S+. The lowest BCUT2D eigenvalue weighted by atomic mass is 9.97. The van der Waals surface area contributed by atoms with Gasteiger partial charge in [0.2, 0.25) is 5.91 Å². The van der Waals surface area contributed by atoms with Gasteiger partial charge in [-0.05, 0) is 37.1 Å². The summed E-state index contributed by atoms with van der Waals surface area (Å²) in [7, 11) is 0. The molecule has 126 valence electrons. The number of likely N-dealkylation sites (tertiary alicyclic amines) is 1. The molecule has 1 saturated heterocycles. The van der Waals surface area contributed by atoms with Gasteiger partial charge in [-0.2, -0.15) is 0 Å². The average Bonchev–Trinajstić information content (AvgIpc) is 2.53. The van der Waals surface area contributed by atoms with Crippen LogP contribution in [0.1, 0.15) is 12.8 Å². The molecule has 1 unspecified atom stereocenters. The lowest BCUT2D eigenvalue weighted by Gasteiger charge is -2.27. The minimum absolute atomic E-state index is 0.0431. The van der Waals surface area contributed by atoms with Crippen molar-refractivity contribution in [2.24, 2.45) is 11.7 Å². The van der Waals surface area contributed by atoms with Gasteiger partial charge in [0.1, 0.15) is 0 Å². The molecule has 0 aromatic heterocycles. The van der Waals surface area contributed by atoms with Gasteiger partial charge in [-0.3, -0.25) is 9.59 Å². The summed E-state index contributed by atoms with van der Waals surface area (Å²) in [5.41, 5.74) is 5.36. The van der Waals surface area contributed by atoms with Crippen molar-refractivity contribution in [3.63, 3.8) is 0 Å². The number of piperidine rings is 1. The van der Waals surface area contributed by atoms with Crippen LogP contribution < -0.4 is 16.0 Å². The number of hydrogen-bond acceptors (Lipinski definition) is 3. The summed E-state index contributed by atoms with van der Waals surface area (Å²) in [6.07, 6.45) is 1.81. The van der Waals surface area contributed by atoms with Crippen LogP contribution in [0.2, 0.25) is 0 Å². The van der Waals surface area contributed by atoms with Crippen LogP contribution in [-0.2, 0) is 9.59 Å². The smallest absolute Gasteiger partial charge is 0.275 e. The second-order valence-corrected chi connectivity index (χ2v) is 7.86. The number of rotatable bonds is 7. The predicted octanol–water partition coefficient (Wildman–Crippen LogP) is 0.438. The van der Waals surface area contributed by atoms with Crippen molar-refractivity contribution < 1.29 is 14.5 Å². The molecule has 0 radical (unpaired) electrons. The first kappa shape index (κ1) is 18.3. The van der Waals surface area contributed by atoms with E-state index in [1.807, 2.05) is 12.1 Å². The number of hydrogen-bond donors (Lipinski definition) is 3. The Kier molecular flexibility index (Phi) is 7.39. The number of thioether (sulfide) groups is 1. The molecule has 2 atom stereocenters. The van der Waals surface area contributed by atoms with Crippen LogP contribution in [0.15, 0.2) is 33.6 Å². The maximum absolute atomic E-state index is 12.0. The second kappa shape index (κ2) is 9.30. The van der Waals surface area contributed by atoms with Gasteiger partial charge in [0.25, 0.3) is 5.91 Å². The lowest BCUT2D eigenvalue weighted by molar-refractivity contribution is -0.899. The van der Waals surface area contributed by atoms with E-state index in [2.05, 4.69) is 33.4 Å². The van der Waals surface area contributed by atoms with Crippen molar-refractivity contribution in [3.05, 3.63) is 28.7 Å². The summed E-state index contributed by atoms with van der Waals surface area (Å²) in [5.74, 6) is 0.557. The predicted molar refractivity (Wildman–Crippen MR) is 95.4 cm³/mol. The minimum Gasteiger partial charge on any atom is -0.369 e. The average molecular weight is 401 g/mol. The Hall–Kier alpha value is -1.05. The summed E-state index contributed by atoms with van der Waals surface area (Å²) in [4.78, 5) is 25.6. The second-order valence-electron chi connectivity index (χ2n) is 5.77. The van der Waals surface area contributed by atoms with E-state index in [0.29, 0.717) is 19.6 Å². The van der Waals surface area contributed by atoms with Crippen LogP contribution in [0.3, 0.4) is 0 Å². The molecule has 0 bridgehead atoms. The first-order chi connectivity index (χ1) is 11.0. The molecule has 2 amide bonds. The third-order valence-corrected chi connectivity index (χ3v) is 5.48. The zero-order valence-electron chi connectivity index (χ0n) is 13.0. The molecule has 1 aromatic carbocycles. The molecule has 1 aliphatic heterocycles. The Morgan fingerprint density at radius 1 is 1.35 bits per heavy atom. The molecule has 23 heavy (non-hydrogen) atoms. The SMILES string of the molecule is NC(=O)[C@@H]1CCC[NH+](CC(=O)NCCSc2ccc(Br)cc2)C1. The van der Waals surface area contributed by atoms with Crippen LogP contribution >= 0.6 is 27.7 Å². The summed E-state index contributed by atoms with van der Waals surface area (Å²) in [5, 5.41) is 2.95. The largest absolute Gasteiger partial charge is 0.369 e. The van der Waals surface area contributed by atoms with Gasteiger partial charge in [0, 0.05) is 21.7 Å². The maximum atomic E-state index is 12.0. The van der Waals surface area contributed by atoms with E-state index < -0.39 is 0 Å². The first-order valence-electron chi connectivity index (χ1n) is 7.82. The number of carbonyl (C=O) groups excluding carboxylic acids is 2. The zero-order valence-corrected chi connectivity index (χ0v) is 15.4. The van der Waals surface area contributed by atoms with Crippen molar-refractivity contribution in [3.8, 4) is 0 Å². The van der Waals surface area contributed by atoms with Gasteiger partial charge in [-0.1, -0.05) is 15.9 Å². The molecule has 0 spiro atoms. The molecule has 1 fully saturated rings. The number of nitrogens with one attached hydrogen (secondary N) is 2. The van der Waals surface area contributed by atoms with E-state index in [9.17, 15) is 9.59 Å². The monoisotopic (exact) mass is 400 g/mol. The fraction of sp³-hybridized carbons (Fsp3) is 0.500. The Bertz CT molecular complexity index is 539. The maximum Gasteiger partial charge on any atom is 0.275 e. The third-order valence-electron chi connectivity index (χ3n) is 3.94. The van der Waals surface area contributed by atoms with Gasteiger partial charge in [-0.25, -0.2) is 0 Å². The van der Waals surface area contributed by atoms with Crippen molar-refractivity contribution in [1.82, 2.24) is 5.32 Å². The van der Waals surface area contributed by atoms with Crippen molar-refractivity contribution in [2.45, 2.75) is 17.7 Å². The normalized spacial score (nSPS) is 20.9. The van der Waals surface area contributed by atoms with E-state index in [-0.39, 0.29) is 17.7 Å². The Morgan fingerprint density at radius 3 is 2.78 bits per heavy atom. The number of quaternary nitrogens is 1. The topological polar surface area (TPSA) is 76.6 Å². The van der Waals surface area contributed by atoms with Crippen LogP contribution in [-0.4, -0.2) is 43.7 Å². The number of halogens is 1. The Labute approximate surface area is 149 Å². The molecule has 1 heterocycles. The number of benzene rings is 1. The Morgan fingerprint density at radius 2 is 2.09 bits per heavy atom. The van der Waals surface area contributed by atoms with E-state index in [1.165, 1.54) is 4.90 Å². The molecule has 1 aromatic rings. The number of carbonyl (C=O) groups is 2. The highest BCUT2D eigenvalue weighted by Gasteiger charge is 2.28. The molecule has 0 saturated carbocycles. The number of amides is 2. The van der Waals surface area contributed by atoms with Crippen LogP contribution in [0, 0.1) is 5.92 Å². The molecule has 7 heteroatoms. The van der Waals surface area contributed by atoms with Crippen molar-refractivity contribution >= 4 is 39.5 Å². The van der Waals surface area contributed by atoms with E-state index in [1.54, 1.807) is 11.8 Å². The van der Waals surface area contributed by atoms with Gasteiger partial charge in [-0.15, -0.1) is 11.8 Å². The summed E-state index contributed by atoms with van der Waals surface area (Å²) in [6, 6.07) is 8.13. The molecular weight excluding hydrogens is 378 g/mol. The fourth-order valence-electron chi connectivity index (χ4n) is 2.73. The molecule has 1 aliphatic rings. The van der Waals surface area contributed by atoms with E-state index in [0.717, 1.165) is 34.5 Å². The fourth-order valence-corrected chi connectivity index (χ4v) is 3.77. The molecule has 2 rings (SSSR count). The minimum atomic E-state index is -0.242. The highest BCUT2D eigenvalue weighted by atomic mass is 79.9. The zero-order chi connectivity index (χ0) is 16.7. The number of primary amides is 1.